The molecule has 0 radical (unpaired) electrons. The summed E-state index contributed by atoms with van der Waals surface area (Å²) >= 11 is 0. The quantitative estimate of drug-likeness (QED) is 0.343. The second-order valence-electron chi connectivity index (χ2n) is 14.9. The third-order valence-corrected chi connectivity index (χ3v) is 12.7. The normalized spacial score (nSPS) is 46.7. The van der Waals surface area contributed by atoms with E-state index in [-0.39, 0.29) is 39.6 Å². The van der Waals surface area contributed by atoms with E-state index in [1.165, 1.54) is 38.7 Å². The van der Waals surface area contributed by atoms with Gasteiger partial charge in [0.15, 0.2) is 11.6 Å². The Bertz CT molecular complexity index is 1110. The summed E-state index contributed by atoms with van der Waals surface area (Å²) in [6, 6.07) is 0. The molecule has 0 unspecified atom stereocenters. The van der Waals surface area contributed by atoms with Crippen molar-refractivity contribution in [1.29, 1.82) is 0 Å². The molecule has 0 aromatic carbocycles. The van der Waals surface area contributed by atoms with Gasteiger partial charge in [0, 0.05) is 18.1 Å². The molecule has 7 atom stereocenters. The lowest BCUT2D eigenvalue weighted by molar-refractivity contribution is -0.171. The van der Waals surface area contributed by atoms with Crippen LogP contribution < -0.4 is 0 Å². The lowest BCUT2D eigenvalue weighted by Crippen LogP contribution is -2.64. The van der Waals surface area contributed by atoms with E-state index in [4.69, 9.17) is 7.94 Å². The number of hydrogen-bond acceptors (Lipinski definition) is 2. The number of hydrogen-bond donors (Lipinski definition) is 0. The molecule has 0 heterocycles. The Morgan fingerprint density at radius 2 is 1.67 bits per heavy atom. The van der Waals surface area contributed by atoms with E-state index < -0.39 is 10.8 Å². The molecule has 0 bridgehead atoms. The first-order valence-corrected chi connectivity index (χ1v) is 14.0. The van der Waals surface area contributed by atoms with E-state index in [1.807, 2.05) is 26.0 Å². The summed E-state index contributed by atoms with van der Waals surface area (Å²) in [5, 5.41) is 0. The van der Waals surface area contributed by atoms with Gasteiger partial charge in [0.05, 0.1) is 6.57 Å². The van der Waals surface area contributed by atoms with E-state index in [2.05, 4.69) is 46.4 Å². The van der Waals surface area contributed by atoms with Gasteiger partial charge in [-0.2, -0.15) is 0 Å². The van der Waals surface area contributed by atoms with Crippen molar-refractivity contribution in [2.45, 2.75) is 114 Å². The Balaban J connectivity index is 0.00000156. The highest BCUT2D eigenvalue weighted by molar-refractivity contribution is 6.03. The van der Waals surface area contributed by atoms with Gasteiger partial charge in [-0.25, -0.2) is 4.85 Å². The van der Waals surface area contributed by atoms with Gasteiger partial charge < -0.3 is 4.79 Å². The van der Waals surface area contributed by atoms with E-state index in [9.17, 15) is 9.59 Å². The molecule has 5 rings (SSSR count). The van der Waals surface area contributed by atoms with Crippen molar-refractivity contribution >= 4 is 11.6 Å². The lowest BCUT2D eigenvalue weighted by atomic mass is 9.34. The van der Waals surface area contributed by atoms with Gasteiger partial charge >= 0.3 is 0 Å². The van der Waals surface area contributed by atoms with Crippen LogP contribution in [0, 0.1) is 56.8 Å². The summed E-state index contributed by atoms with van der Waals surface area (Å²) in [6.45, 7) is 26.0. The fraction of sp³-hybridized carbons (Fsp3) is 0.788. The molecule has 5 aliphatic rings. The van der Waals surface area contributed by atoms with E-state index in [0.717, 1.165) is 25.7 Å². The van der Waals surface area contributed by atoms with Crippen LogP contribution in [0.5, 0.6) is 0 Å². The van der Waals surface area contributed by atoms with Crippen LogP contribution in [0.3, 0.4) is 0 Å². The molecule has 5 aliphatic carbocycles. The Hall–Kier alpha value is -1.69. The van der Waals surface area contributed by atoms with Crippen molar-refractivity contribution in [2.24, 2.45) is 50.2 Å². The maximum Gasteiger partial charge on any atom is 0.226 e. The average Bonchev–Trinajstić information content (AvgIpc) is 2.84. The molecule has 198 valence electrons. The van der Waals surface area contributed by atoms with E-state index in [0.29, 0.717) is 17.1 Å². The number of fused-ring (bicyclic) bond motifs is 7. The van der Waals surface area contributed by atoms with Crippen molar-refractivity contribution in [3.8, 4) is 0 Å². The monoisotopic (exact) mass is 493 g/mol. The van der Waals surface area contributed by atoms with Crippen LogP contribution in [0.2, 0.25) is 0 Å². The third-order valence-electron chi connectivity index (χ3n) is 12.7. The number of ketones is 2. The van der Waals surface area contributed by atoms with Crippen LogP contribution in [0.1, 0.15) is 116 Å². The standard InChI is InChI=1S/C32H45NO2.CH4/c1-10-32-15-13-27(2,3)18-20(32)25-22(34)17-24-29(6)19-21(33-9)26(35)28(4,5)23(29)11-12-30(24,7)31(25,8)14-16-32;/h17,19-20,23,25H,10-16,18H2,1-8H3;1H4/t20-,23-,25-,29-,30+,31+,32+;/m0./s1/i;1T. The summed E-state index contributed by atoms with van der Waals surface area (Å²) in [4.78, 5) is 31.2. The van der Waals surface area contributed by atoms with Gasteiger partial charge in [-0.05, 0) is 84.5 Å². The molecule has 0 N–H and O–H groups in total. The minimum Gasteiger partial charge on any atom is -0.307 e. The number of carbonyl (C=O) groups excluding carboxylic acids is 2. The van der Waals surface area contributed by atoms with Crippen molar-refractivity contribution in [3.63, 3.8) is 0 Å². The Morgan fingerprint density at radius 1 is 1.03 bits per heavy atom. The van der Waals surface area contributed by atoms with Gasteiger partial charge in [0.2, 0.25) is 5.70 Å². The van der Waals surface area contributed by atoms with Crippen LogP contribution in [0.25, 0.3) is 4.85 Å². The first-order valence-electron chi connectivity index (χ1n) is 15.0. The molecular weight excluding hydrogens is 442 g/mol. The number of Topliss-reactive ketones (excluding diaryl/α,β-unsaturated/α-hetero) is 1. The largest absolute Gasteiger partial charge is 0.307 e. The first kappa shape index (κ1) is 25.9. The predicted molar refractivity (Wildman–Crippen MR) is 147 cm³/mol. The zero-order valence-corrected chi connectivity index (χ0v) is 24.3. The number of rotatable bonds is 1. The van der Waals surface area contributed by atoms with Crippen LogP contribution in [0.15, 0.2) is 23.4 Å². The SMILES string of the molecule is [3H]C.[C-]#[N+]C1=C[C@]2(C)C3=CC(=O)[C@@H]4[C@@H]5CC(C)(C)CC[C@]5(CC)CC[C@@]4(C)[C@]3(C)CC[C@H]2C(C)(C)C1=O. The molecule has 0 aromatic heterocycles. The van der Waals surface area contributed by atoms with Gasteiger partial charge in [-0.15, -0.1) is 0 Å². The highest BCUT2D eigenvalue weighted by Gasteiger charge is 2.69. The molecule has 3 fully saturated rings. The third kappa shape index (κ3) is 3.15. The summed E-state index contributed by atoms with van der Waals surface area (Å²) in [6.07, 6.45) is 13.1. The molecule has 3 saturated carbocycles. The number of nitrogens with zero attached hydrogens (tertiary/aromatic N) is 1. The van der Waals surface area contributed by atoms with Crippen molar-refractivity contribution < 1.29 is 11.0 Å². The van der Waals surface area contributed by atoms with E-state index in [1.54, 1.807) is 0 Å². The maximum atomic E-state index is 14.3. The Kier molecular flexibility index (Phi) is 5.70. The molecular formula is C33H49NO2. The molecule has 0 aliphatic heterocycles. The highest BCUT2D eigenvalue weighted by atomic mass is 16.1. The average molecular weight is 494 g/mol. The van der Waals surface area contributed by atoms with Gasteiger partial charge in [0.25, 0.3) is 0 Å². The topological polar surface area (TPSA) is 38.5 Å². The zero-order chi connectivity index (χ0) is 27.8. The van der Waals surface area contributed by atoms with Gasteiger partial charge in [-0.1, -0.05) is 80.9 Å². The fourth-order valence-corrected chi connectivity index (χ4v) is 10.3. The molecule has 0 spiro atoms. The summed E-state index contributed by atoms with van der Waals surface area (Å²) in [5.74, 6) is 0.940. The second kappa shape index (κ2) is 7.91. The predicted octanol–water partition coefficient (Wildman–Crippen LogP) is 8.61. The van der Waals surface area contributed by atoms with Gasteiger partial charge in [0.1, 0.15) is 0 Å². The maximum absolute atomic E-state index is 14.3. The molecule has 0 amide bonds. The molecule has 36 heavy (non-hydrogen) atoms. The minimum absolute atomic E-state index is 0.0276. The molecule has 3 heteroatoms. The fourth-order valence-electron chi connectivity index (χ4n) is 10.3. The second-order valence-corrected chi connectivity index (χ2v) is 14.9. The van der Waals surface area contributed by atoms with Crippen LogP contribution in [-0.4, -0.2) is 11.6 Å². The smallest absolute Gasteiger partial charge is 0.226 e. The van der Waals surface area contributed by atoms with Crippen molar-refractivity contribution in [3.05, 3.63) is 34.8 Å². The van der Waals surface area contributed by atoms with Crippen LogP contribution in [-0.2, 0) is 9.59 Å². The van der Waals surface area contributed by atoms with Crippen molar-refractivity contribution in [1.82, 2.24) is 0 Å². The summed E-state index contributed by atoms with van der Waals surface area (Å²) in [5.41, 5.74) is 0.858. The highest BCUT2D eigenvalue weighted by Crippen LogP contribution is 2.74. The number of carbonyl (C=O) groups is 2. The minimum atomic E-state index is -0.594. The zero-order valence-electron chi connectivity index (χ0n) is 25.3. The molecule has 0 aromatic rings. The first-order chi connectivity index (χ1) is 17.1. The molecule has 3 nitrogen and oxygen atoms in total. The van der Waals surface area contributed by atoms with Crippen molar-refractivity contribution in [2.75, 3.05) is 0 Å². The number of allylic oxidation sites excluding steroid dienone is 4. The Labute approximate surface area is 221 Å². The summed E-state index contributed by atoms with van der Waals surface area (Å²) in [7, 11) is 1.25. The summed E-state index contributed by atoms with van der Waals surface area (Å²) < 4.78 is 5.75. The lowest BCUT2D eigenvalue weighted by Gasteiger charge is -2.69. The van der Waals surface area contributed by atoms with Crippen LogP contribution in [0.4, 0.5) is 0 Å². The Morgan fingerprint density at radius 3 is 2.28 bits per heavy atom. The van der Waals surface area contributed by atoms with E-state index >= 15 is 0 Å². The molecule has 0 saturated heterocycles. The van der Waals surface area contributed by atoms with Crippen LogP contribution >= 0.6 is 0 Å². The van der Waals surface area contributed by atoms with Gasteiger partial charge in [-0.3, -0.25) is 4.79 Å².